The Balaban J connectivity index is 1.42. The second-order valence-electron chi connectivity index (χ2n) is 7.22. The van der Waals surface area contributed by atoms with Crippen LogP contribution in [0.4, 0.5) is 27.9 Å². The maximum atomic E-state index is 11.6. The monoisotopic (exact) mass is 396 g/mol. The van der Waals surface area contributed by atoms with Crippen LogP contribution in [0.3, 0.4) is 0 Å². The normalized spacial score (nSPS) is 16.4. The van der Waals surface area contributed by atoms with Gasteiger partial charge in [-0.05, 0) is 37.1 Å². The van der Waals surface area contributed by atoms with E-state index < -0.39 is 5.91 Å². The van der Waals surface area contributed by atoms with E-state index in [0.717, 1.165) is 37.3 Å². The molecule has 2 heterocycles. The molecule has 0 atom stereocenters. The molecule has 1 aromatic heterocycles. The van der Waals surface area contributed by atoms with Gasteiger partial charge in [0, 0.05) is 49.8 Å². The first-order valence-corrected chi connectivity index (χ1v) is 9.59. The molecule has 0 spiro atoms. The van der Waals surface area contributed by atoms with E-state index in [-0.39, 0.29) is 11.6 Å². The minimum Gasteiger partial charge on any atom is -0.368 e. The summed E-state index contributed by atoms with van der Waals surface area (Å²) < 4.78 is 0. The summed E-state index contributed by atoms with van der Waals surface area (Å²) in [5.41, 5.74) is 12.9. The number of nitrogens with zero attached hydrogens (tertiary/aromatic N) is 4. The fourth-order valence-corrected chi connectivity index (χ4v) is 3.22. The summed E-state index contributed by atoms with van der Waals surface area (Å²) in [6.07, 6.45) is 3.55. The molecule has 4 rings (SSSR count). The van der Waals surface area contributed by atoms with Crippen molar-refractivity contribution in [2.45, 2.75) is 18.9 Å². The minimum atomic E-state index is -0.555. The first kappa shape index (κ1) is 18.8. The van der Waals surface area contributed by atoms with Gasteiger partial charge in [-0.1, -0.05) is 0 Å². The summed E-state index contributed by atoms with van der Waals surface area (Å²) in [5, 5.41) is 6.37. The molecule has 29 heavy (non-hydrogen) atoms. The van der Waals surface area contributed by atoms with Crippen molar-refractivity contribution < 1.29 is 9.59 Å². The van der Waals surface area contributed by atoms with Gasteiger partial charge in [-0.15, -0.1) is 0 Å². The van der Waals surface area contributed by atoms with E-state index in [0.29, 0.717) is 30.9 Å². The first-order valence-electron chi connectivity index (χ1n) is 9.59. The fraction of sp³-hybridized carbons (Fsp3) is 0.368. The summed E-state index contributed by atoms with van der Waals surface area (Å²) in [4.78, 5) is 35.3. The molecule has 1 aliphatic heterocycles. The molecule has 1 aromatic carbocycles. The van der Waals surface area contributed by atoms with Gasteiger partial charge >= 0.3 is 6.03 Å². The smallest absolute Gasteiger partial charge is 0.314 e. The van der Waals surface area contributed by atoms with Gasteiger partial charge in [-0.3, -0.25) is 4.79 Å². The van der Waals surface area contributed by atoms with Crippen LogP contribution in [0, 0.1) is 0 Å². The number of nitrogens with one attached hydrogen (secondary N) is 2. The molecule has 2 fully saturated rings. The number of rotatable bonds is 6. The third-order valence-electron chi connectivity index (χ3n) is 5.05. The zero-order valence-electron chi connectivity index (χ0n) is 16.0. The third kappa shape index (κ3) is 4.48. The SMILES string of the molecule is NC(=O)c1cnc(Nc2ccc(N3CCN(C(N)=O)CC3)cc2)nc1NC1CC1. The molecule has 6 N–H and O–H groups in total. The molecular formula is C19H24N8O2. The lowest BCUT2D eigenvalue weighted by Gasteiger charge is -2.35. The van der Waals surface area contributed by atoms with Crippen LogP contribution in [-0.4, -0.2) is 59.0 Å². The zero-order valence-corrected chi connectivity index (χ0v) is 16.0. The standard InChI is InChI=1S/C19H24N8O2/c20-16(28)15-11-22-19(25-17(15)23-12-1-2-12)24-13-3-5-14(6-4-13)26-7-9-27(10-8-26)18(21)29/h3-6,11-12H,1-2,7-10H2,(H2,20,28)(H2,21,29)(H2,22,23,24,25). The predicted octanol–water partition coefficient (Wildman–Crippen LogP) is 1.09. The zero-order chi connectivity index (χ0) is 20.4. The summed E-state index contributed by atoms with van der Waals surface area (Å²) in [6.45, 7) is 2.71. The number of carbonyl (C=O) groups excluding carboxylic acids is 2. The van der Waals surface area contributed by atoms with Gasteiger partial charge in [0.05, 0.1) is 5.56 Å². The fourth-order valence-electron chi connectivity index (χ4n) is 3.22. The van der Waals surface area contributed by atoms with Gasteiger partial charge in [0.1, 0.15) is 5.82 Å². The number of hydrogen-bond acceptors (Lipinski definition) is 7. The van der Waals surface area contributed by atoms with Crippen LogP contribution in [0.15, 0.2) is 30.5 Å². The molecule has 1 saturated carbocycles. The Bertz CT molecular complexity index is 905. The second-order valence-corrected chi connectivity index (χ2v) is 7.22. The highest BCUT2D eigenvalue weighted by atomic mass is 16.2. The number of carbonyl (C=O) groups is 2. The van der Waals surface area contributed by atoms with E-state index in [9.17, 15) is 9.59 Å². The highest BCUT2D eigenvalue weighted by Crippen LogP contribution is 2.27. The van der Waals surface area contributed by atoms with Crippen molar-refractivity contribution in [1.82, 2.24) is 14.9 Å². The molecular weight excluding hydrogens is 372 g/mol. The van der Waals surface area contributed by atoms with E-state index >= 15 is 0 Å². The van der Waals surface area contributed by atoms with Crippen molar-refractivity contribution >= 4 is 35.1 Å². The lowest BCUT2D eigenvalue weighted by atomic mass is 10.2. The molecule has 1 aliphatic carbocycles. The Morgan fingerprint density at radius 1 is 1.03 bits per heavy atom. The highest BCUT2D eigenvalue weighted by Gasteiger charge is 2.24. The van der Waals surface area contributed by atoms with Crippen molar-refractivity contribution in [1.29, 1.82) is 0 Å². The molecule has 3 amide bonds. The molecule has 10 nitrogen and oxygen atoms in total. The Labute approximate surface area is 168 Å². The molecule has 2 aromatic rings. The quantitative estimate of drug-likeness (QED) is 0.572. The number of aromatic nitrogens is 2. The second kappa shape index (κ2) is 7.82. The topological polar surface area (TPSA) is 142 Å². The van der Waals surface area contributed by atoms with Crippen molar-refractivity contribution in [3.05, 3.63) is 36.0 Å². The van der Waals surface area contributed by atoms with E-state index in [2.05, 4.69) is 25.5 Å². The average Bonchev–Trinajstić information content (AvgIpc) is 3.53. The van der Waals surface area contributed by atoms with Crippen molar-refractivity contribution in [2.24, 2.45) is 11.5 Å². The van der Waals surface area contributed by atoms with E-state index in [1.807, 2.05) is 24.3 Å². The van der Waals surface area contributed by atoms with Gasteiger partial charge in [0.25, 0.3) is 5.91 Å². The molecule has 2 aliphatic rings. The van der Waals surface area contributed by atoms with Crippen molar-refractivity contribution in [3.63, 3.8) is 0 Å². The number of piperazine rings is 1. The number of amides is 3. The number of nitrogens with two attached hydrogens (primary N) is 2. The average molecular weight is 396 g/mol. The molecule has 10 heteroatoms. The number of anilines is 4. The van der Waals surface area contributed by atoms with Crippen LogP contribution in [0.25, 0.3) is 0 Å². The lowest BCUT2D eigenvalue weighted by Crippen LogP contribution is -2.50. The van der Waals surface area contributed by atoms with Crippen LogP contribution >= 0.6 is 0 Å². The molecule has 1 saturated heterocycles. The van der Waals surface area contributed by atoms with Crippen LogP contribution in [-0.2, 0) is 0 Å². The van der Waals surface area contributed by atoms with Crippen LogP contribution in [0.5, 0.6) is 0 Å². The lowest BCUT2D eigenvalue weighted by molar-refractivity contribution is 0.100. The molecule has 0 bridgehead atoms. The third-order valence-corrected chi connectivity index (χ3v) is 5.05. The predicted molar refractivity (Wildman–Crippen MR) is 110 cm³/mol. The Morgan fingerprint density at radius 3 is 2.31 bits per heavy atom. The van der Waals surface area contributed by atoms with E-state index in [1.54, 1.807) is 4.90 Å². The van der Waals surface area contributed by atoms with Crippen molar-refractivity contribution in [2.75, 3.05) is 41.7 Å². The van der Waals surface area contributed by atoms with Crippen LogP contribution < -0.4 is 27.0 Å². The van der Waals surface area contributed by atoms with Gasteiger partial charge in [0.15, 0.2) is 0 Å². The summed E-state index contributed by atoms with van der Waals surface area (Å²) in [6, 6.07) is 7.85. The largest absolute Gasteiger partial charge is 0.368 e. The Morgan fingerprint density at radius 2 is 1.72 bits per heavy atom. The minimum absolute atomic E-state index is 0.285. The maximum absolute atomic E-state index is 11.6. The maximum Gasteiger partial charge on any atom is 0.314 e. The summed E-state index contributed by atoms with van der Waals surface area (Å²) in [5.74, 6) is 0.294. The molecule has 0 radical (unpaired) electrons. The van der Waals surface area contributed by atoms with Crippen LogP contribution in [0.2, 0.25) is 0 Å². The van der Waals surface area contributed by atoms with E-state index in [4.69, 9.17) is 11.5 Å². The number of primary amides is 2. The molecule has 152 valence electrons. The Hall–Kier alpha value is -3.56. The van der Waals surface area contributed by atoms with Crippen LogP contribution in [0.1, 0.15) is 23.2 Å². The van der Waals surface area contributed by atoms with Gasteiger partial charge in [-0.2, -0.15) is 4.98 Å². The number of urea groups is 1. The van der Waals surface area contributed by atoms with E-state index in [1.165, 1.54) is 6.20 Å². The molecule has 0 unspecified atom stereocenters. The Kier molecular flexibility index (Phi) is 5.07. The van der Waals surface area contributed by atoms with Crippen molar-refractivity contribution in [3.8, 4) is 0 Å². The summed E-state index contributed by atoms with van der Waals surface area (Å²) >= 11 is 0. The summed E-state index contributed by atoms with van der Waals surface area (Å²) in [7, 11) is 0. The van der Waals surface area contributed by atoms with Gasteiger partial charge < -0.3 is 31.9 Å². The van der Waals surface area contributed by atoms with Gasteiger partial charge in [-0.25, -0.2) is 9.78 Å². The number of hydrogen-bond donors (Lipinski definition) is 4. The number of benzene rings is 1. The highest BCUT2D eigenvalue weighted by molar-refractivity contribution is 5.97. The van der Waals surface area contributed by atoms with Gasteiger partial charge in [0.2, 0.25) is 5.95 Å². The first-order chi connectivity index (χ1) is 14.0.